The van der Waals surface area contributed by atoms with Gasteiger partial charge in [0.25, 0.3) is 0 Å². The van der Waals surface area contributed by atoms with Crippen molar-refractivity contribution in [3.63, 3.8) is 0 Å². The van der Waals surface area contributed by atoms with Crippen LogP contribution in [0.25, 0.3) is 0 Å². The molecule has 0 unspecified atom stereocenters. The summed E-state index contributed by atoms with van der Waals surface area (Å²) in [5, 5.41) is 0. The number of nitrogens with zero attached hydrogens (tertiary/aromatic N) is 3. The first kappa shape index (κ1) is 16.3. The molecule has 118 valence electrons. The lowest BCUT2D eigenvalue weighted by molar-refractivity contribution is 0.577. The van der Waals surface area contributed by atoms with Gasteiger partial charge in [-0.2, -0.15) is 0 Å². The summed E-state index contributed by atoms with van der Waals surface area (Å²) in [5.41, 5.74) is 0.343. The SMILES string of the molecule is Cc1cc(F)ccc1S(=O)(=O)NCc1nccc(N(C)C)n1. The number of benzene rings is 1. The molecule has 0 spiro atoms. The second-order valence-corrected chi connectivity index (χ2v) is 6.70. The third kappa shape index (κ3) is 3.77. The van der Waals surface area contributed by atoms with E-state index in [0.29, 0.717) is 17.2 Å². The van der Waals surface area contributed by atoms with Crippen LogP contribution in [0.1, 0.15) is 11.4 Å². The Bertz CT molecular complexity index is 778. The fraction of sp³-hybridized carbons (Fsp3) is 0.286. The molecule has 0 bridgehead atoms. The van der Waals surface area contributed by atoms with E-state index in [1.807, 2.05) is 14.1 Å². The van der Waals surface area contributed by atoms with Crippen LogP contribution in [0, 0.1) is 12.7 Å². The van der Waals surface area contributed by atoms with Gasteiger partial charge >= 0.3 is 0 Å². The lowest BCUT2D eigenvalue weighted by atomic mass is 10.2. The van der Waals surface area contributed by atoms with E-state index < -0.39 is 15.8 Å². The van der Waals surface area contributed by atoms with Crippen molar-refractivity contribution in [2.75, 3.05) is 19.0 Å². The van der Waals surface area contributed by atoms with Gasteiger partial charge in [-0.05, 0) is 36.8 Å². The number of halogens is 1. The lowest BCUT2D eigenvalue weighted by Gasteiger charge is -2.12. The normalized spacial score (nSPS) is 11.5. The molecule has 6 nitrogen and oxygen atoms in total. The minimum Gasteiger partial charge on any atom is -0.363 e. The molecule has 0 atom stereocenters. The molecule has 0 aliphatic rings. The van der Waals surface area contributed by atoms with Crippen LogP contribution in [0.2, 0.25) is 0 Å². The lowest BCUT2D eigenvalue weighted by Crippen LogP contribution is -2.25. The van der Waals surface area contributed by atoms with Crippen molar-refractivity contribution in [1.29, 1.82) is 0 Å². The minimum absolute atomic E-state index is 0.0395. The molecule has 0 amide bonds. The van der Waals surface area contributed by atoms with Crippen molar-refractivity contribution in [2.24, 2.45) is 0 Å². The van der Waals surface area contributed by atoms with Gasteiger partial charge in [0.1, 0.15) is 17.5 Å². The molecule has 1 heterocycles. The van der Waals surface area contributed by atoms with Crippen LogP contribution in [-0.2, 0) is 16.6 Å². The Morgan fingerprint density at radius 3 is 2.64 bits per heavy atom. The summed E-state index contributed by atoms with van der Waals surface area (Å²) in [6, 6.07) is 5.26. The van der Waals surface area contributed by atoms with E-state index in [9.17, 15) is 12.8 Å². The monoisotopic (exact) mass is 324 g/mol. The number of aryl methyl sites for hydroxylation is 1. The predicted molar refractivity (Wildman–Crippen MR) is 81.5 cm³/mol. The zero-order chi connectivity index (χ0) is 16.3. The van der Waals surface area contributed by atoms with Crippen LogP contribution in [0.5, 0.6) is 0 Å². The largest absolute Gasteiger partial charge is 0.363 e. The highest BCUT2D eigenvalue weighted by atomic mass is 32.2. The van der Waals surface area contributed by atoms with E-state index >= 15 is 0 Å². The standard InChI is InChI=1S/C14H17FN4O2S/c1-10-8-11(15)4-5-12(10)22(20,21)17-9-13-16-7-6-14(18-13)19(2)3/h4-8,17H,9H2,1-3H3. The van der Waals surface area contributed by atoms with Gasteiger partial charge in [0.15, 0.2) is 0 Å². The van der Waals surface area contributed by atoms with E-state index in [2.05, 4.69) is 14.7 Å². The van der Waals surface area contributed by atoms with Crippen LogP contribution in [-0.4, -0.2) is 32.5 Å². The average molecular weight is 324 g/mol. The maximum atomic E-state index is 13.1. The van der Waals surface area contributed by atoms with Crippen LogP contribution >= 0.6 is 0 Å². The van der Waals surface area contributed by atoms with Gasteiger partial charge < -0.3 is 4.90 Å². The van der Waals surface area contributed by atoms with Crippen LogP contribution < -0.4 is 9.62 Å². The second kappa shape index (κ2) is 6.37. The number of rotatable bonds is 5. The van der Waals surface area contributed by atoms with E-state index in [4.69, 9.17) is 0 Å². The highest BCUT2D eigenvalue weighted by Gasteiger charge is 2.17. The third-order valence-electron chi connectivity index (χ3n) is 3.00. The number of hydrogen-bond acceptors (Lipinski definition) is 5. The first-order valence-corrected chi connectivity index (χ1v) is 8.03. The third-order valence-corrected chi connectivity index (χ3v) is 4.56. The summed E-state index contributed by atoms with van der Waals surface area (Å²) >= 11 is 0. The van der Waals surface area contributed by atoms with Crippen LogP contribution in [0.15, 0.2) is 35.4 Å². The molecule has 0 saturated carbocycles. The summed E-state index contributed by atoms with van der Waals surface area (Å²) < 4.78 is 40.0. The van der Waals surface area contributed by atoms with Gasteiger partial charge in [-0.15, -0.1) is 0 Å². The molecule has 2 aromatic rings. The van der Waals surface area contributed by atoms with E-state index in [-0.39, 0.29) is 11.4 Å². The van der Waals surface area contributed by atoms with Gasteiger partial charge in [-0.1, -0.05) is 0 Å². The van der Waals surface area contributed by atoms with Gasteiger partial charge in [0.05, 0.1) is 11.4 Å². The fourth-order valence-electron chi connectivity index (χ4n) is 1.87. The maximum absolute atomic E-state index is 13.1. The Hall–Kier alpha value is -2.06. The summed E-state index contributed by atoms with van der Waals surface area (Å²) in [5.74, 6) is 0.565. The zero-order valence-electron chi connectivity index (χ0n) is 12.5. The maximum Gasteiger partial charge on any atom is 0.241 e. The molecule has 1 aromatic heterocycles. The van der Waals surface area contributed by atoms with Gasteiger partial charge in [-0.25, -0.2) is 27.5 Å². The molecular formula is C14H17FN4O2S. The Balaban J connectivity index is 2.18. The van der Waals surface area contributed by atoms with Crippen molar-refractivity contribution in [2.45, 2.75) is 18.4 Å². The zero-order valence-corrected chi connectivity index (χ0v) is 13.4. The van der Waals surface area contributed by atoms with E-state index in [0.717, 1.165) is 6.07 Å². The Morgan fingerprint density at radius 2 is 2.00 bits per heavy atom. The summed E-state index contributed by atoms with van der Waals surface area (Å²) in [7, 11) is -0.0863. The molecule has 1 aromatic carbocycles. The van der Waals surface area contributed by atoms with Gasteiger partial charge in [0, 0.05) is 20.3 Å². The van der Waals surface area contributed by atoms with Gasteiger partial charge in [0.2, 0.25) is 10.0 Å². The molecule has 0 aliphatic carbocycles. The van der Waals surface area contributed by atoms with Crippen LogP contribution in [0.4, 0.5) is 10.2 Å². The smallest absolute Gasteiger partial charge is 0.241 e. The van der Waals surface area contributed by atoms with Crippen molar-refractivity contribution in [1.82, 2.24) is 14.7 Å². The number of hydrogen-bond donors (Lipinski definition) is 1. The van der Waals surface area contributed by atoms with E-state index in [1.54, 1.807) is 24.1 Å². The van der Waals surface area contributed by atoms with Crippen molar-refractivity contribution < 1.29 is 12.8 Å². The molecule has 1 N–H and O–H groups in total. The summed E-state index contributed by atoms with van der Waals surface area (Å²) in [4.78, 5) is 10.1. The highest BCUT2D eigenvalue weighted by Crippen LogP contribution is 2.16. The summed E-state index contributed by atoms with van der Waals surface area (Å²) in [6.07, 6.45) is 1.56. The topological polar surface area (TPSA) is 75.2 Å². The van der Waals surface area contributed by atoms with Gasteiger partial charge in [-0.3, -0.25) is 0 Å². The van der Waals surface area contributed by atoms with Crippen LogP contribution in [0.3, 0.4) is 0 Å². The molecule has 0 aliphatic heterocycles. The molecule has 2 rings (SSSR count). The fourth-order valence-corrected chi connectivity index (χ4v) is 3.08. The molecular weight excluding hydrogens is 307 g/mol. The Morgan fingerprint density at radius 1 is 1.27 bits per heavy atom. The number of nitrogens with one attached hydrogen (secondary N) is 1. The molecule has 0 fully saturated rings. The Kier molecular flexibility index (Phi) is 4.72. The number of aromatic nitrogens is 2. The minimum atomic E-state index is -3.75. The Labute approximate surface area is 129 Å². The number of anilines is 1. The van der Waals surface area contributed by atoms with E-state index in [1.165, 1.54) is 12.1 Å². The van der Waals surface area contributed by atoms with Crippen molar-refractivity contribution >= 4 is 15.8 Å². The highest BCUT2D eigenvalue weighted by molar-refractivity contribution is 7.89. The summed E-state index contributed by atoms with van der Waals surface area (Å²) in [6.45, 7) is 1.50. The predicted octanol–water partition coefficient (Wildman–Crippen LogP) is 1.47. The molecule has 0 radical (unpaired) electrons. The first-order chi connectivity index (χ1) is 10.3. The second-order valence-electron chi connectivity index (χ2n) is 4.96. The molecule has 8 heteroatoms. The number of sulfonamides is 1. The first-order valence-electron chi connectivity index (χ1n) is 6.54. The molecule has 22 heavy (non-hydrogen) atoms. The molecule has 0 saturated heterocycles. The average Bonchev–Trinajstić information content (AvgIpc) is 2.45. The van der Waals surface area contributed by atoms with Crippen molar-refractivity contribution in [3.8, 4) is 0 Å². The van der Waals surface area contributed by atoms with Crippen molar-refractivity contribution in [3.05, 3.63) is 47.7 Å². The quantitative estimate of drug-likeness (QED) is 0.901.